The summed E-state index contributed by atoms with van der Waals surface area (Å²) in [5.74, 6) is 1.42. The van der Waals surface area contributed by atoms with E-state index in [0.29, 0.717) is 12.3 Å². The average Bonchev–Trinajstić information content (AvgIpc) is 2.99. The quantitative estimate of drug-likeness (QED) is 0.725. The predicted molar refractivity (Wildman–Crippen MR) is 90.4 cm³/mol. The highest BCUT2D eigenvalue weighted by Gasteiger charge is 2.06. The molecule has 1 aromatic heterocycles. The summed E-state index contributed by atoms with van der Waals surface area (Å²) in [4.78, 5) is 13.0. The van der Waals surface area contributed by atoms with Gasteiger partial charge in [0.15, 0.2) is 6.61 Å². The molecule has 0 saturated carbocycles. The van der Waals surface area contributed by atoms with Gasteiger partial charge in [-0.1, -0.05) is 17.7 Å². The molecule has 22 heavy (non-hydrogen) atoms. The molecule has 0 fully saturated rings. The summed E-state index contributed by atoms with van der Waals surface area (Å²) in [6.07, 6.45) is 0. The van der Waals surface area contributed by atoms with Gasteiger partial charge in [-0.25, -0.2) is 4.39 Å². The summed E-state index contributed by atoms with van der Waals surface area (Å²) in [6, 6.07) is 7.91. The lowest BCUT2D eigenvalue weighted by atomic mass is 10.3. The zero-order chi connectivity index (χ0) is 15.8. The van der Waals surface area contributed by atoms with Crippen LogP contribution >= 0.6 is 34.7 Å². The van der Waals surface area contributed by atoms with Crippen molar-refractivity contribution in [2.75, 3.05) is 18.9 Å². The molecule has 0 radical (unpaired) electrons. The third-order valence-corrected chi connectivity index (χ3v) is 5.01. The van der Waals surface area contributed by atoms with Crippen LogP contribution in [0.1, 0.15) is 4.88 Å². The average molecular weight is 360 g/mol. The molecule has 1 heterocycles. The van der Waals surface area contributed by atoms with Crippen LogP contribution in [0.15, 0.2) is 35.7 Å². The van der Waals surface area contributed by atoms with Gasteiger partial charge < -0.3 is 10.1 Å². The molecule has 1 aromatic carbocycles. The number of rotatable bonds is 8. The van der Waals surface area contributed by atoms with Crippen LogP contribution in [0.4, 0.5) is 4.39 Å². The summed E-state index contributed by atoms with van der Waals surface area (Å²) in [6.45, 7) is 0.441. The summed E-state index contributed by atoms with van der Waals surface area (Å²) >= 11 is 9.30. The second kappa shape index (κ2) is 9.02. The number of nitrogens with one attached hydrogen (secondary N) is 1. The van der Waals surface area contributed by atoms with E-state index in [9.17, 15) is 9.18 Å². The molecule has 0 bridgehead atoms. The summed E-state index contributed by atoms with van der Waals surface area (Å²) < 4.78 is 18.1. The van der Waals surface area contributed by atoms with E-state index in [4.69, 9.17) is 16.3 Å². The first kappa shape index (κ1) is 17.1. The standard InChI is InChI=1S/C15H15ClFNO2S2/c16-13-8-11(17)3-4-14(13)20-9-15(19)18-5-7-21-10-12-2-1-6-22-12/h1-4,6,8H,5,7,9-10H2,(H,18,19). The molecule has 0 spiro atoms. The Labute approximate surface area is 141 Å². The van der Waals surface area contributed by atoms with Crippen molar-refractivity contribution >= 4 is 40.6 Å². The number of thiophene rings is 1. The Morgan fingerprint density at radius 3 is 3.00 bits per heavy atom. The zero-order valence-electron chi connectivity index (χ0n) is 11.7. The number of benzene rings is 1. The number of carbonyl (C=O) groups is 1. The van der Waals surface area contributed by atoms with Gasteiger partial charge in [-0.3, -0.25) is 4.79 Å². The van der Waals surface area contributed by atoms with Gasteiger partial charge in [-0.15, -0.1) is 11.3 Å². The first-order valence-corrected chi connectivity index (χ1v) is 9.01. The van der Waals surface area contributed by atoms with Crippen LogP contribution in [0.2, 0.25) is 5.02 Å². The topological polar surface area (TPSA) is 38.3 Å². The Morgan fingerprint density at radius 2 is 2.27 bits per heavy atom. The Hall–Kier alpha value is -1.24. The summed E-state index contributed by atoms with van der Waals surface area (Å²) in [7, 11) is 0. The number of hydrogen-bond acceptors (Lipinski definition) is 4. The van der Waals surface area contributed by atoms with Gasteiger partial charge in [0, 0.05) is 22.9 Å². The van der Waals surface area contributed by atoms with E-state index in [0.717, 1.165) is 17.6 Å². The van der Waals surface area contributed by atoms with Gasteiger partial charge >= 0.3 is 0 Å². The molecule has 0 aliphatic rings. The monoisotopic (exact) mass is 359 g/mol. The maximum Gasteiger partial charge on any atom is 0.257 e. The van der Waals surface area contributed by atoms with Crippen LogP contribution in [0.3, 0.4) is 0 Å². The maximum atomic E-state index is 12.9. The minimum Gasteiger partial charge on any atom is -0.482 e. The van der Waals surface area contributed by atoms with Crippen LogP contribution in [-0.4, -0.2) is 24.8 Å². The molecule has 0 atom stereocenters. The molecule has 0 aliphatic heterocycles. The Bertz CT molecular complexity index is 608. The third-order valence-electron chi connectivity index (χ3n) is 2.65. The van der Waals surface area contributed by atoms with E-state index < -0.39 is 5.82 Å². The number of halogens is 2. The lowest BCUT2D eigenvalue weighted by Crippen LogP contribution is -2.30. The van der Waals surface area contributed by atoms with Gasteiger partial charge in [0.1, 0.15) is 11.6 Å². The van der Waals surface area contributed by atoms with Crippen LogP contribution in [0, 0.1) is 5.82 Å². The molecule has 0 saturated heterocycles. The first-order chi connectivity index (χ1) is 10.6. The molecule has 7 heteroatoms. The number of hydrogen-bond donors (Lipinski definition) is 1. The Kier molecular flexibility index (Phi) is 7.02. The van der Waals surface area contributed by atoms with Gasteiger partial charge in [-0.2, -0.15) is 11.8 Å². The fourth-order valence-corrected chi connectivity index (χ4v) is 3.54. The molecule has 2 rings (SSSR count). The first-order valence-electron chi connectivity index (χ1n) is 6.60. The number of carbonyl (C=O) groups excluding carboxylic acids is 1. The van der Waals surface area contributed by atoms with Crippen LogP contribution in [0.5, 0.6) is 5.75 Å². The van der Waals surface area contributed by atoms with Crippen molar-refractivity contribution in [3.63, 3.8) is 0 Å². The van der Waals surface area contributed by atoms with Crippen molar-refractivity contribution in [1.82, 2.24) is 5.32 Å². The molecular weight excluding hydrogens is 345 g/mol. The fourth-order valence-electron chi connectivity index (χ4n) is 1.62. The lowest BCUT2D eigenvalue weighted by molar-refractivity contribution is -0.122. The summed E-state index contributed by atoms with van der Waals surface area (Å²) in [5.41, 5.74) is 0. The number of amides is 1. The molecule has 2 aromatic rings. The van der Waals surface area contributed by atoms with Crippen LogP contribution in [-0.2, 0) is 10.5 Å². The lowest BCUT2D eigenvalue weighted by Gasteiger charge is -2.08. The van der Waals surface area contributed by atoms with E-state index in [1.54, 1.807) is 23.1 Å². The third kappa shape index (κ3) is 5.87. The molecule has 1 N–H and O–H groups in total. The second-order valence-corrected chi connectivity index (χ2v) is 6.89. The van der Waals surface area contributed by atoms with Crippen LogP contribution < -0.4 is 10.1 Å². The highest BCUT2D eigenvalue weighted by atomic mass is 35.5. The molecule has 0 unspecified atom stereocenters. The minimum atomic E-state index is -0.440. The van der Waals surface area contributed by atoms with Crippen molar-refractivity contribution in [2.45, 2.75) is 5.75 Å². The highest BCUT2D eigenvalue weighted by molar-refractivity contribution is 7.98. The second-order valence-electron chi connectivity index (χ2n) is 4.35. The zero-order valence-corrected chi connectivity index (χ0v) is 14.1. The molecule has 1 amide bonds. The van der Waals surface area contributed by atoms with Crippen molar-refractivity contribution < 1.29 is 13.9 Å². The van der Waals surface area contributed by atoms with Gasteiger partial charge in [0.25, 0.3) is 5.91 Å². The Balaban J connectivity index is 1.59. The molecule has 118 valence electrons. The SMILES string of the molecule is O=C(COc1ccc(F)cc1Cl)NCCSCc1cccs1. The van der Waals surface area contributed by atoms with Crippen molar-refractivity contribution in [3.8, 4) is 5.75 Å². The van der Waals surface area contributed by atoms with E-state index in [1.165, 1.54) is 17.0 Å². The highest BCUT2D eigenvalue weighted by Crippen LogP contribution is 2.24. The number of thioether (sulfide) groups is 1. The molecular formula is C15H15ClFNO2S2. The van der Waals surface area contributed by atoms with Crippen molar-refractivity contribution in [2.24, 2.45) is 0 Å². The van der Waals surface area contributed by atoms with E-state index >= 15 is 0 Å². The smallest absolute Gasteiger partial charge is 0.257 e. The largest absolute Gasteiger partial charge is 0.482 e. The normalized spacial score (nSPS) is 10.5. The Morgan fingerprint density at radius 1 is 1.41 bits per heavy atom. The van der Waals surface area contributed by atoms with E-state index in [-0.39, 0.29) is 17.5 Å². The molecule has 0 aliphatic carbocycles. The number of ether oxygens (including phenoxy) is 1. The maximum absolute atomic E-state index is 12.9. The van der Waals surface area contributed by atoms with Gasteiger partial charge in [0.05, 0.1) is 5.02 Å². The van der Waals surface area contributed by atoms with Gasteiger partial charge in [-0.05, 0) is 29.6 Å². The predicted octanol–water partition coefficient (Wildman–Crippen LogP) is 3.97. The fraction of sp³-hybridized carbons (Fsp3) is 0.267. The van der Waals surface area contributed by atoms with Crippen molar-refractivity contribution in [3.05, 3.63) is 51.4 Å². The van der Waals surface area contributed by atoms with E-state index in [2.05, 4.69) is 16.8 Å². The van der Waals surface area contributed by atoms with Crippen LogP contribution in [0.25, 0.3) is 0 Å². The van der Waals surface area contributed by atoms with E-state index in [1.807, 2.05) is 6.07 Å². The molecule has 3 nitrogen and oxygen atoms in total. The van der Waals surface area contributed by atoms with Crippen molar-refractivity contribution in [1.29, 1.82) is 0 Å². The summed E-state index contributed by atoms with van der Waals surface area (Å²) in [5, 5.41) is 4.97. The van der Waals surface area contributed by atoms with Gasteiger partial charge in [0.2, 0.25) is 0 Å². The minimum absolute atomic E-state index is 0.138.